The molecule has 122 valence electrons. The molecule has 21 heavy (non-hydrogen) atoms. The lowest BCUT2D eigenvalue weighted by atomic mass is 9.81. The number of rotatable bonds is 7. The zero-order valence-corrected chi connectivity index (χ0v) is 14.1. The first kappa shape index (κ1) is 18.2. The number of methoxy groups -OCH3 is 1. The van der Waals surface area contributed by atoms with Crippen LogP contribution in [0.3, 0.4) is 0 Å². The van der Waals surface area contributed by atoms with E-state index in [-0.39, 0.29) is 24.1 Å². The van der Waals surface area contributed by atoms with Crippen LogP contribution < -0.4 is 0 Å². The third-order valence-corrected chi connectivity index (χ3v) is 4.22. The maximum Gasteiger partial charge on any atom is 0.308 e. The van der Waals surface area contributed by atoms with Gasteiger partial charge in [0.1, 0.15) is 11.7 Å². The molecule has 0 aromatic heterocycles. The smallest absolute Gasteiger partial charge is 0.308 e. The average molecular weight is 298 g/mol. The minimum Gasteiger partial charge on any atom is -0.469 e. The largest absolute Gasteiger partial charge is 0.469 e. The van der Waals surface area contributed by atoms with E-state index < -0.39 is 0 Å². The predicted molar refractivity (Wildman–Crippen MR) is 82.6 cm³/mol. The average Bonchev–Trinajstić information content (AvgIpc) is 2.48. The van der Waals surface area contributed by atoms with Gasteiger partial charge in [-0.1, -0.05) is 46.3 Å². The van der Waals surface area contributed by atoms with Crippen LogP contribution in [0.25, 0.3) is 0 Å². The molecule has 0 N–H and O–H groups in total. The van der Waals surface area contributed by atoms with Crippen molar-refractivity contribution in [2.24, 2.45) is 11.8 Å². The van der Waals surface area contributed by atoms with Gasteiger partial charge in [0, 0.05) is 0 Å². The fraction of sp³-hybridized carbons (Fsp3) is 0.824. The van der Waals surface area contributed by atoms with E-state index in [1.807, 2.05) is 0 Å². The molecule has 1 saturated heterocycles. The summed E-state index contributed by atoms with van der Waals surface area (Å²) in [5.41, 5.74) is -0.359. The van der Waals surface area contributed by atoms with Crippen molar-refractivity contribution >= 4 is 5.97 Å². The van der Waals surface area contributed by atoms with Crippen LogP contribution in [0.4, 0.5) is 0 Å². The highest BCUT2D eigenvalue weighted by atomic mass is 17.2. The summed E-state index contributed by atoms with van der Waals surface area (Å²) in [4.78, 5) is 22.7. The van der Waals surface area contributed by atoms with Crippen LogP contribution in [0.1, 0.15) is 59.8 Å². The van der Waals surface area contributed by atoms with Gasteiger partial charge < -0.3 is 4.74 Å². The van der Waals surface area contributed by atoms with Gasteiger partial charge in [0.05, 0.1) is 13.5 Å². The fourth-order valence-corrected chi connectivity index (χ4v) is 2.67. The molecule has 0 bridgehead atoms. The van der Waals surface area contributed by atoms with Crippen LogP contribution in [0.5, 0.6) is 0 Å². The first-order valence-electron chi connectivity index (χ1n) is 8.05. The van der Waals surface area contributed by atoms with Gasteiger partial charge in [-0.3, -0.25) is 4.79 Å². The lowest BCUT2D eigenvalue weighted by Crippen LogP contribution is -2.44. The maximum atomic E-state index is 11.4. The minimum absolute atomic E-state index is 0.208. The molecular weight excluding hydrogens is 268 g/mol. The van der Waals surface area contributed by atoms with Crippen LogP contribution in [-0.2, 0) is 19.3 Å². The predicted octanol–water partition coefficient (Wildman–Crippen LogP) is 4.05. The highest BCUT2D eigenvalue weighted by Crippen LogP contribution is 2.38. The molecule has 1 heterocycles. The van der Waals surface area contributed by atoms with Gasteiger partial charge in [0.25, 0.3) is 0 Å². The molecule has 0 aliphatic carbocycles. The lowest BCUT2D eigenvalue weighted by molar-refractivity contribution is -0.409. The molecule has 0 aromatic rings. The van der Waals surface area contributed by atoms with Gasteiger partial charge in [-0.05, 0) is 31.1 Å². The number of hydrogen-bond acceptors (Lipinski definition) is 4. The summed E-state index contributed by atoms with van der Waals surface area (Å²) >= 11 is 0. The van der Waals surface area contributed by atoms with E-state index in [2.05, 4.69) is 39.8 Å². The van der Waals surface area contributed by atoms with Crippen molar-refractivity contribution in [1.82, 2.24) is 0 Å². The monoisotopic (exact) mass is 298 g/mol. The van der Waals surface area contributed by atoms with E-state index in [1.54, 1.807) is 0 Å². The van der Waals surface area contributed by atoms with Crippen molar-refractivity contribution in [2.45, 2.75) is 71.5 Å². The number of hydrogen-bond donors (Lipinski definition) is 0. The van der Waals surface area contributed by atoms with Crippen molar-refractivity contribution in [2.75, 3.05) is 7.11 Å². The summed E-state index contributed by atoms with van der Waals surface area (Å²) in [6, 6.07) is 0. The minimum atomic E-state index is -0.359. The first-order valence-corrected chi connectivity index (χ1v) is 8.05. The van der Waals surface area contributed by atoms with Crippen molar-refractivity contribution in [3.05, 3.63) is 12.2 Å². The summed E-state index contributed by atoms with van der Waals surface area (Å²) in [5.74, 6) is 0.691. The Kier molecular flexibility index (Phi) is 7.40. The molecule has 1 rings (SSSR count). The molecule has 1 aliphatic heterocycles. The van der Waals surface area contributed by atoms with E-state index in [0.717, 1.165) is 25.7 Å². The summed E-state index contributed by atoms with van der Waals surface area (Å²) in [5, 5.41) is 0. The maximum absolute atomic E-state index is 11.4. The zero-order chi connectivity index (χ0) is 15.9. The van der Waals surface area contributed by atoms with Crippen molar-refractivity contribution in [3.8, 4) is 0 Å². The SMILES string of the molecule is CC[C@H]1C[C@@](/C=C/CC(C)C)(CC)OO[C@H]1CC(=O)OC. The molecule has 0 saturated carbocycles. The Morgan fingerprint density at radius 3 is 2.67 bits per heavy atom. The lowest BCUT2D eigenvalue weighted by Gasteiger charge is -2.41. The number of allylic oxidation sites excluding steroid dienone is 1. The van der Waals surface area contributed by atoms with Gasteiger partial charge in [-0.2, -0.15) is 0 Å². The fourth-order valence-electron chi connectivity index (χ4n) is 2.67. The van der Waals surface area contributed by atoms with Crippen LogP contribution in [0, 0.1) is 11.8 Å². The van der Waals surface area contributed by atoms with Crippen molar-refractivity contribution < 1.29 is 19.3 Å². The molecule has 1 fully saturated rings. The highest BCUT2D eigenvalue weighted by molar-refractivity contribution is 5.69. The van der Waals surface area contributed by atoms with Crippen LogP contribution in [0.2, 0.25) is 0 Å². The van der Waals surface area contributed by atoms with Gasteiger partial charge >= 0.3 is 5.97 Å². The van der Waals surface area contributed by atoms with E-state index in [0.29, 0.717) is 11.8 Å². The second-order valence-corrected chi connectivity index (χ2v) is 6.32. The molecule has 0 unspecified atom stereocenters. The van der Waals surface area contributed by atoms with Crippen LogP contribution in [-0.4, -0.2) is 24.8 Å². The summed E-state index contributed by atoms with van der Waals surface area (Å²) in [6.45, 7) is 8.63. The third-order valence-electron chi connectivity index (χ3n) is 4.22. The number of ether oxygens (including phenoxy) is 1. The molecule has 0 aromatic carbocycles. The normalized spacial score (nSPS) is 30.0. The molecule has 4 nitrogen and oxygen atoms in total. The Labute approximate surface area is 128 Å². The molecule has 0 radical (unpaired) electrons. The van der Waals surface area contributed by atoms with E-state index in [9.17, 15) is 4.79 Å². The highest BCUT2D eigenvalue weighted by Gasteiger charge is 2.41. The van der Waals surface area contributed by atoms with E-state index >= 15 is 0 Å². The van der Waals surface area contributed by atoms with Gasteiger partial charge in [0.15, 0.2) is 0 Å². The Morgan fingerprint density at radius 1 is 1.43 bits per heavy atom. The molecule has 1 aliphatic rings. The summed E-state index contributed by atoms with van der Waals surface area (Å²) in [6.07, 6.45) is 8.12. The zero-order valence-electron chi connectivity index (χ0n) is 14.1. The third kappa shape index (κ3) is 5.44. The number of carbonyl (C=O) groups is 1. The van der Waals surface area contributed by atoms with Gasteiger partial charge in [0.2, 0.25) is 0 Å². The Bertz CT molecular complexity index is 351. The van der Waals surface area contributed by atoms with Crippen LogP contribution in [0.15, 0.2) is 12.2 Å². The van der Waals surface area contributed by atoms with Crippen LogP contribution >= 0.6 is 0 Å². The second-order valence-electron chi connectivity index (χ2n) is 6.32. The van der Waals surface area contributed by atoms with Crippen molar-refractivity contribution in [3.63, 3.8) is 0 Å². The molecule has 3 atom stereocenters. The second kappa shape index (κ2) is 8.54. The standard InChI is InChI=1S/C17H30O4/c1-6-14-12-17(7-2,10-8-9-13(3)4)21-20-15(14)11-16(18)19-5/h8,10,13-15H,6-7,9,11-12H2,1-5H3/b10-8+/t14-,15-,17-/m0/s1. The molecular formula is C17H30O4. The molecule has 4 heteroatoms. The summed E-state index contributed by atoms with van der Waals surface area (Å²) < 4.78 is 4.73. The quantitative estimate of drug-likeness (QED) is 0.404. The van der Waals surface area contributed by atoms with Gasteiger partial charge in [-0.25, -0.2) is 9.78 Å². The summed E-state index contributed by atoms with van der Waals surface area (Å²) in [7, 11) is 1.40. The molecule has 0 spiro atoms. The van der Waals surface area contributed by atoms with Crippen molar-refractivity contribution in [1.29, 1.82) is 0 Å². The number of esters is 1. The molecule has 0 amide bonds. The topological polar surface area (TPSA) is 44.8 Å². The Balaban J connectivity index is 2.71. The van der Waals surface area contributed by atoms with E-state index in [1.165, 1.54) is 7.11 Å². The van der Waals surface area contributed by atoms with Gasteiger partial charge in [-0.15, -0.1) is 0 Å². The first-order chi connectivity index (χ1) is 9.96. The Morgan fingerprint density at radius 2 is 2.14 bits per heavy atom. The number of carbonyl (C=O) groups excluding carboxylic acids is 1. The Hall–Kier alpha value is -0.870. The van der Waals surface area contributed by atoms with E-state index in [4.69, 9.17) is 14.5 Å².